The molecule has 0 bridgehead atoms. The van der Waals surface area contributed by atoms with E-state index in [9.17, 15) is 5.11 Å². The molecule has 102 valence electrons. The van der Waals surface area contributed by atoms with Gasteiger partial charge in [0.25, 0.3) is 0 Å². The molecule has 0 saturated heterocycles. The molecule has 0 saturated carbocycles. The maximum atomic E-state index is 9.55. The molecule has 7 nitrogen and oxygen atoms in total. The fourth-order valence-corrected chi connectivity index (χ4v) is 1.12. The van der Waals surface area contributed by atoms with Crippen LogP contribution in [0.15, 0.2) is 0 Å². The maximum absolute atomic E-state index is 9.55. The summed E-state index contributed by atoms with van der Waals surface area (Å²) in [6, 6.07) is 0.0694. The van der Waals surface area contributed by atoms with Gasteiger partial charge >= 0.3 is 6.01 Å². The van der Waals surface area contributed by atoms with Gasteiger partial charge in [0.05, 0.1) is 7.11 Å². The Morgan fingerprint density at radius 2 is 1.89 bits per heavy atom. The standard InChI is InChI=1S/C8H12Cl3N5O2/c1-3-12-5-14-6(16-7(15-5)18-2)13-4(17)8(9,10)11/h4,17H,3H2,1-2H3,(H2,12,13,14,15,16). The molecule has 0 fully saturated rings. The Labute approximate surface area is 119 Å². The van der Waals surface area contributed by atoms with E-state index in [1.807, 2.05) is 6.92 Å². The van der Waals surface area contributed by atoms with E-state index in [1.54, 1.807) is 0 Å². The molecule has 1 unspecified atom stereocenters. The molecule has 0 radical (unpaired) electrons. The van der Waals surface area contributed by atoms with Crippen LogP contribution in [-0.2, 0) is 0 Å². The SMILES string of the molecule is CCNc1nc(NC(O)C(Cl)(Cl)Cl)nc(OC)n1. The number of methoxy groups -OCH3 is 1. The van der Waals surface area contributed by atoms with Crippen molar-refractivity contribution in [3.05, 3.63) is 0 Å². The first-order valence-electron chi connectivity index (χ1n) is 4.92. The normalized spacial score (nSPS) is 13.0. The van der Waals surface area contributed by atoms with Crippen LogP contribution in [-0.4, -0.2) is 43.7 Å². The molecule has 1 rings (SSSR count). The molecule has 0 aliphatic heterocycles. The summed E-state index contributed by atoms with van der Waals surface area (Å²) >= 11 is 16.5. The van der Waals surface area contributed by atoms with Gasteiger partial charge in [0, 0.05) is 6.54 Å². The van der Waals surface area contributed by atoms with Crippen molar-refractivity contribution in [2.75, 3.05) is 24.3 Å². The Hall–Kier alpha value is -0.760. The number of aliphatic hydroxyl groups is 1. The minimum atomic E-state index is -1.90. The molecular formula is C8H12Cl3N5O2. The van der Waals surface area contributed by atoms with Crippen LogP contribution in [0.25, 0.3) is 0 Å². The Bertz CT molecular complexity index is 401. The second-order valence-electron chi connectivity index (χ2n) is 3.09. The van der Waals surface area contributed by atoms with Crippen LogP contribution in [0.3, 0.4) is 0 Å². The Balaban J connectivity index is 2.90. The number of alkyl halides is 3. The average molecular weight is 317 g/mol. The molecule has 1 heterocycles. The molecule has 18 heavy (non-hydrogen) atoms. The van der Waals surface area contributed by atoms with Crippen LogP contribution in [0.4, 0.5) is 11.9 Å². The molecule has 0 amide bonds. The highest BCUT2D eigenvalue weighted by Gasteiger charge is 2.31. The molecule has 0 aliphatic rings. The first-order valence-corrected chi connectivity index (χ1v) is 6.05. The van der Waals surface area contributed by atoms with E-state index in [1.165, 1.54) is 7.11 Å². The fourth-order valence-electron chi connectivity index (χ4n) is 0.954. The van der Waals surface area contributed by atoms with Gasteiger partial charge in [-0.1, -0.05) is 34.8 Å². The zero-order valence-electron chi connectivity index (χ0n) is 9.62. The van der Waals surface area contributed by atoms with Crippen molar-refractivity contribution < 1.29 is 9.84 Å². The second kappa shape index (κ2) is 6.42. The van der Waals surface area contributed by atoms with Gasteiger partial charge in [-0.05, 0) is 6.92 Å². The summed E-state index contributed by atoms with van der Waals surface area (Å²) in [5, 5.41) is 14.9. The Kier molecular flexibility index (Phi) is 5.46. The van der Waals surface area contributed by atoms with E-state index in [2.05, 4.69) is 25.6 Å². The van der Waals surface area contributed by atoms with Crippen molar-refractivity contribution in [2.45, 2.75) is 16.9 Å². The largest absolute Gasteiger partial charge is 0.467 e. The van der Waals surface area contributed by atoms with E-state index in [0.29, 0.717) is 6.54 Å². The highest BCUT2D eigenvalue weighted by atomic mass is 35.6. The summed E-state index contributed by atoms with van der Waals surface area (Å²) in [5.41, 5.74) is 0. The number of nitrogens with one attached hydrogen (secondary N) is 2. The summed E-state index contributed by atoms with van der Waals surface area (Å²) in [6.45, 7) is 2.49. The first-order chi connectivity index (χ1) is 8.36. The van der Waals surface area contributed by atoms with Gasteiger partial charge in [0.15, 0.2) is 6.23 Å². The minimum Gasteiger partial charge on any atom is -0.467 e. The predicted molar refractivity (Wildman–Crippen MR) is 70.5 cm³/mol. The molecule has 10 heteroatoms. The van der Waals surface area contributed by atoms with E-state index in [4.69, 9.17) is 39.5 Å². The van der Waals surface area contributed by atoms with Crippen LogP contribution in [0.1, 0.15) is 6.92 Å². The van der Waals surface area contributed by atoms with Gasteiger partial charge in [-0.3, -0.25) is 0 Å². The van der Waals surface area contributed by atoms with Crippen LogP contribution in [0.2, 0.25) is 0 Å². The Morgan fingerprint density at radius 1 is 1.28 bits per heavy atom. The lowest BCUT2D eigenvalue weighted by atomic mass is 10.6. The molecular weight excluding hydrogens is 304 g/mol. The third-order valence-electron chi connectivity index (χ3n) is 1.71. The molecule has 0 aliphatic carbocycles. The number of rotatable bonds is 5. The van der Waals surface area contributed by atoms with E-state index in [-0.39, 0.29) is 17.9 Å². The summed E-state index contributed by atoms with van der Waals surface area (Å²) < 4.78 is 2.98. The number of hydrogen-bond donors (Lipinski definition) is 3. The maximum Gasteiger partial charge on any atom is 0.322 e. The smallest absolute Gasteiger partial charge is 0.322 e. The van der Waals surface area contributed by atoms with E-state index < -0.39 is 10.0 Å². The average Bonchev–Trinajstić information content (AvgIpc) is 2.27. The molecule has 1 atom stereocenters. The zero-order valence-corrected chi connectivity index (χ0v) is 11.9. The fraction of sp³-hybridized carbons (Fsp3) is 0.625. The van der Waals surface area contributed by atoms with Gasteiger partial charge in [-0.15, -0.1) is 0 Å². The lowest BCUT2D eigenvalue weighted by Crippen LogP contribution is -2.34. The Morgan fingerprint density at radius 3 is 2.39 bits per heavy atom. The van der Waals surface area contributed by atoms with Crippen molar-refractivity contribution in [2.24, 2.45) is 0 Å². The number of aromatic nitrogens is 3. The monoisotopic (exact) mass is 315 g/mol. The lowest BCUT2D eigenvalue weighted by Gasteiger charge is -2.20. The molecule has 0 aromatic carbocycles. The first kappa shape index (κ1) is 15.3. The molecule has 1 aromatic heterocycles. The van der Waals surface area contributed by atoms with Gasteiger partial charge < -0.3 is 20.5 Å². The van der Waals surface area contributed by atoms with Crippen molar-refractivity contribution in [3.8, 4) is 6.01 Å². The van der Waals surface area contributed by atoms with Crippen LogP contribution < -0.4 is 15.4 Å². The second-order valence-corrected chi connectivity index (χ2v) is 5.46. The van der Waals surface area contributed by atoms with Gasteiger partial charge in [0.1, 0.15) is 0 Å². The predicted octanol–water partition coefficient (Wildman–Crippen LogP) is 1.41. The third-order valence-corrected chi connectivity index (χ3v) is 2.33. The number of anilines is 2. The highest BCUT2D eigenvalue weighted by molar-refractivity contribution is 6.68. The molecule has 1 aromatic rings. The van der Waals surface area contributed by atoms with Crippen molar-refractivity contribution >= 4 is 46.7 Å². The number of nitrogens with zero attached hydrogens (tertiary/aromatic N) is 3. The number of aliphatic hydroxyl groups excluding tert-OH is 1. The molecule has 3 N–H and O–H groups in total. The summed E-state index contributed by atoms with van der Waals surface area (Å²) in [4.78, 5) is 11.8. The zero-order chi connectivity index (χ0) is 13.8. The molecule has 0 spiro atoms. The number of ether oxygens (including phenoxy) is 1. The third kappa shape index (κ3) is 4.49. The lowest BCUT2D eigenvalue weighted by molar-refractivity contribution is 0.207. The van der Waals surface area contributed by atoms with E-state index in [0.717, 1.165) is 0 Å². The number of halogens is 3. The van der Waals surface area contributed by atoms with Crippen LogP contribution in [0.5, 0.6) is 6.01 Å². The van der Waals surface area contributed by atoms with E-state index >= 15 is 0 Å². The van der Waals surface area contributed by atoms with Gasteiger partial charge in [-0.25, -0.2) is 0 Å². The van der Waals surface area contributed by atoms with Gasteiger partial charge in [0.2, 0.25) is 15.7 Å². The van der Waals surface area contributed by atoms with Crippen molar-refractivity contribution in [1.29, 1.82) is 0 Å². The van der Waals surface area contributed by atoms with Crippen LogP contribution in [0, 0.1) is 0 Å². The van der Waals surface area contributed by atoms with Gasteiger partial charge in [-0.2, -0.15) is 15.0 Å². The summed E-state index contributed by atoms with van der Waals surface area (Å²) in [6.07, 6.45) is -1.47. The summed E-state index contributed by atoms with van der Waals surface area (Å²) in [7, 11) is 1.40. The topological polar surface area (TPSA) is 92.2 Å². The quantitative estimate of drug-likeness (QED) is 0.559. The summed E-state index contributed by atoms with van der Waals surface area (Å²) in [5.74, 6) is 0.306. The van der Waals surface area contributed by atoms with Crippen LogP contribution >= 0.6 is 34.8 Å². The van der Waals surface area contributed by atoms with Crippen molar-refractivity contribution in [3.63, 3.8) is 0 Å². The van der Waals surface area contributed by atoms with Crippen molar-refractivity contribution in [1.82, 2.24) is 15.0 Å². The minimum absolute atomic E-state index is 0.0247. The highest BCUT2D eigenvalue weighted by Crippen LogP contribution is 2.30. The number of hydrogen-bond acceptors (Lipinski definition) is 7.